The van der Waals surface area contributed by atoms with E-state index < -0.39 is 0 Å². The van der Waals surface area contributed by atoms with Crippen molar-refractivity contribution in [3.05, 3.63) is 42.7 Å². The van der Waals surface area contributed by atoms with Crippen LogP contribution in [0.5, 0.6) is 5.75 Å². The Morgan fingerprint density at radius 1 is 1.15 bits per heavy atom. The van der Waals surface area contributed by atoms with E-state index in [9.17, 15) is 0 Å². The molecule has 2 aromatic heterocycles. The Hall–Kier alpha value is -2.21. The van der Waals surface area contributed by atoms with E-state index in [4.69, 9.17) is 4.74 Å². The Morgan fingerprint density at radius 3 is 2.75 bits per heavy atom. The number of pyridine rings is 1. The molecule has 3 rings (SSSR count). The molecule has 0 atom stereocenters. The van der Waals surface area contributed by atoms with Crippen molar-refractivity contribution in [1.29, 1.82) is 0 Å². The summed E-state index contributed by atoms with van der Waals surface area (Å²) in [6, 6.07) is 3.80. The minimum Gasteiger partial charge on any atom is -0.484 e. The Labute approximate surface area is 117 Å². The van der Waals surface area contributed by atoms with E-state index in [1.807, 2.05) is 12.3 Å². The highest BCUT2D eigenvalue weighted by Gasteiger charge is 2.11. The van der Waals surface area contributed by atoms with Gasteiger partial charge in [-0.3, -0.25) is 4.98 Å². The molecule has 1 N–H and O–H groups in total. The molecule has 0 radical (unpaired) electrons. The fraction of sp³-hybridized carbons (Fsp3) is 0.357. The average Bonchev–Trinajstić information content (AvgIpc) is 2.55. The molecule has 0 unspecified atom stereocenters. The number of ether oxygens (including phenoxy) is 1. The molecule has 0 saturated carbocycles. The molecule has 0 aliphatic carbocycles. The standard InChI is InChI=1S/C14H17N5O/c1-2-17-14(18-3-1)11-20-13-8-12(9-16-10-13)19-6-4-15-5-7-19/h1-3,8-10,15H,4-7,11H2. The SMILES string of the molecule is c1cnc(COc2cncc(N3CCNCC3)c2)nc1. The number of piperazine rings is 1. The van der Waals surface area contributed by atoms with Gasteiger partial charge in [0.05, 0.1) is 18.1 Å². The zero-order chi connectivity index (χ0) is 13.6. The summed E-state index contributed by atoms with van der Waals surface area (Å²) in [6.45, 7) is 4.35. The summed E-state index contributed by atoms with van der Waals surface area (Å²) in [7, 11) is 0. The van der Waals surface area contributed by atoms with Gasteiger partial charge in [-0.2, -0.15) is 0 Å². The molecule has 3 heterocycles. The van der Waals surface area contributed by atoms with Crippen molar-refractivity contribution >= 4 is 5.69 Å². The molecule has 1 saturated heterocycles. The van der Waals surface area contributed by atoms with Gasteiger partial charge in [-0.15, -0.1) is 0 Å². The predicted molar refractivity (Wildman–Crippen MR) is 75.7 cm³/mol. The summed E-state index contributed by atoms with van der Waals surface area (Å²) < 4.78 is 5.69. The number of hydrogen-bond acceptors (Lipinski definition) is 6. The first-order valence-corrected chi connectivity index (χ1v) is 6.71. The average molecular weight is 271 g/mol. The molecular weight excluding hydrogens is 254 g/mol. The van der Waals surface area contributed by atoms with Gasteiger partial charge in [0.2, 0.25) is 0 Å². The molecular formula is C14H17N5O. The van der Waals surface area contributed by atoms with Crippen LogP contribution in [0.3, 0.4) is 0 Å². The zero-order valence-corrected chi connectivity index (χ0v) is 11.2. The van der Waals surface area contributed by atoms with E-state index in [1.54, 1.807) is 24.7 Å². The van der Waals surface area contributed by atoms with Crippen LogP contribution in [0.2, 0.25) is 0 Å². The quantitative estimate of drug-likeness (QED) is 0.890. The molecule has 6 heteroatoms. The molecule has 0 spiro atoms. The smallest absolute Gasteiger partial charge is 0.166 e. The maximum Gasteiger partial charge on any atom is 0.166 e. The largest absolute Gasteiger partial charge is 0.484 e. The fourth-order valence-corrected chi connectivity index (χ4v) is 2.13. The molecule has 1 aliphatic rings. The number of hydrogen-bond donors (Lipinski definition) is 1. The third-order valence-corrected chi connectivity index (χ3v) is 3.17. The van der Waals surface area contributed by atoms with Crippen molar-refractivity contribution in [3.8, 4) is 5.75 Å². The van der Waals surface area contributed by atoms with Crippen molar-refractivity contribution in [2.75, 3.05) is 31.1 Å². The van der Waals surface area contributed by atoms with Crippen LogP contribution < -0.4 is 15.0 Å². The van der Waals surface area contributed by atoms with Crippen molar-refractivity contribution in [2.45, 2.75) is 6.61 Å². The second-order valence-corrected chi connectivity index (χ2v) is 4.57. The summed E-state index contributed by atoms with van der Waals surface area (Å²) in [5.74, 6) is 1.41. The highest BCUT2D eigenvalue weighted by atomic mass is 16.5. The molecule has 0 amide bonds. The van der Waals surface area contributed by atoms with E-state index in [0.717, 1.165) is 37.6 Å². The Kier molecular flexibility index (Phi) is 4.03. The first kappa shape index (κ1) is 12.8. The topological polar surface area (TPSA) is 63.2 Å². The van der Waals surface area contributed by atoms with Crippen molar-refractivity contribution in [1.82, 2.24) is 20.3 Å². The van der Waals surface area contributed by atoms with Gasteiger partial charge in [0.15, 0.2) is 5.82 Å². The molecule has 20 heavy (non-hydrogen) atoms. The van der Waals surface area contributed by atoms with Crippen LogP contribution in [0.4, 0.5) is 5.69 Å². The van der Waals surface area contributed by atoms with Crippen LogP contribution in [-0.4, -0.2) is 41.1 Å². The summed E-state index contributed by atoms with van der Waals surface area (Å²) in [5.41, 5.74) is 1.10. The highest BCUT2D eigenvalue weighted by molar-refractivity contribution is 5.48. The van der Waals surface area contributed by atoms with Crippen molar-refractivity contribution in [2.24, 2.45) is 0 Å². The van der Waals surface area contributed by atoms with Crippen LogP contribution in [0.15, 0.2) is 36.9 Å². The van der Waals surface area contributed by atoms with Crippen LogP contribution in [0, 0.1) is 0 Å². The summed E-state index contributed by atoms with van der Waals surface area (Å²) in [4.78, 5) is 14.8. The number of anilines is 1. The van der Waals surface area contributed by atoms with Crippen molar-refractivity contribution in [3.63, 3.8) is 0 Å². The van der Waals surface area contributed by atoms with Gasteiger partial charge >= 0.3 is 0 Å². The highest BCUT2D eigenvalue weighted by Crippen LogP contribution is 2.20. The lowest BCUT2D eigenvalue weighted by Crippen LogP contribution is -2.43. The Bertz CT molecular complexity index is 542. The zero-order valence-electron chi connectivity index (χ0n) is 11.2. The third-order valence-electron chi connectivity index (χ3n) is 3.17. The maximum atomic E-state index is 5.69. The fourth-order valence-electron chi connectivity index (χ4n) is 2.13. The van der Waals surface area contributed by atoms with Gasteiger partial charge < -0.3 is 15.0 Å². The molecule has 1 fully saturated rings. The van der Waals surface area contributed by atoms with E-state index in [-0.39, 0.29) is 0 Å². The van der Waals surface area contributed by atoms with E-state index in [2.05, 4.69) is 25.2 Å². The summed E-state index contributed by atoms with van der Waals surface area (Å²) in [5, 5.41) is 3.34. The van der Waals surface area contributed by atoms with Crippen LogP contribution >= 0.6 is 0 Å². The monoisotopic (exact) mass is 271 g/mol. The Balaban J connectivity index is 1.65. The number of nitrogens with zero attached hydrogens (tertiary/aromatic N) is 4. The number of rotatable bonds is 4. The molecule has 104 valence electrons. The van der Waals surface area contributed by atoms with E-state index in [1.165, 1.54) is 0 Å². The van der Waals surface area contributed by atoms with Gasteiger partial charge in [-0.25, -0.2) is 9.97 Å². The minimum absolute atomic E-state index is 0.355. The first-order chi connectivity index (χ1) is 9.92. The second kappa shape index (κ2) is 6.29. The van der Waals surface area contributed by atoms with Gasteiger partial charge in [-0.1, -0.05) is 0 Å². The van der Waals surface area contributed by atoms with Gasteiger partial charge in [0, 0.05) is 44.6 Å². The number of nitrogens with one attached hydrogen (secondary N) is 1. The van der Waals surface area contributed by atoms with Gasteiger partial charge in [0.25, 0.3) is 0 Å². The first-order valence-electron chi connectivity index (χ1n) is 6.71. The number of aromatic nitrogens is 3. The predicted octanol–water partition coefficient (Wildman–Crippen LogP) is 0.860. The van der Waals surface area contributed by atoms with E-state index >= 15 is 0 Å². The molecule has 6 nitrogen and oxygen atoms in total. The van der Waals surface area contributed by atoms with Crippen molar-refractivity contribution < 1.29 is 4.74 Å². The van der Waals surface area contributed by atoms with Crippen LogP contribution in [0.25, 0.3) is 0 Å². The van der Waals surface area contributed by atoms with Crippen LogP contribution in [-0.2, 0) is 6.61 Å². The molecule has 0 aromatic carbocycles. The lowest BCUT2D eigenvalue weighted by molar-refractivity contribution is 0.294. The Morgan fingerprint density at radius 2 is 1.95 bits per heavy atom. The normalized spacial score (nSPS) is 15.1. The van der Waals surface area contributed by atoms with Crippen LogP contribution in [0.1, 0.15) is 5.82 Å². The maximum absolute atomic E-state index is 5.69. The summed E-state index contributed by atoms with van der Waals surface area (Å²) >= 11 is 0. The lowest BCUT2D eigenvalue weighted by atomic mass is 10.3. The van der Waals surface area contributed by atoms with E-state index in [0.29, 0.717) is 12.4 Å². The van der Waals surface area contributed by atoms with Gasteiger partial charge in [-0.05, 0) is 6.07 Å². The lowest BCUT2D eigenvalue weighted by Gasteiger charge is -2.29. The minimum atomic E-state index is 0.355. The van der Waals surface area contributed by atoms with Gasteiger partial charge in [0.1, 0.15) is 12.4 Å². The summed E-state index contributed by atoms with van der Waals surface area (Å²) in [6.07, 6.45) is 7.01. The third kappa shape index (κ3) is 3.21. The molecule has 1 aliphatic heterocycles. The molecule has 0 bridgehead atoms. The molecule has 2 aromatic rings. The second-order valence-electron chi connectivity index (χ2n) is 4.57.